The van der Waals surface area contributed by atoms with Gasteiger partial charge in [-0.05, 0) is 25.7 Å². The van der Waals surface area contributed by atoms with Gasteiger partial charge in [0.05, 0.1) is 11.2 Å². The molecular formula is C15H18N4S. The summed E-state index contributed by atoms with van der Waals surface area (Å²) in [6.45, 7) is 2.15. The van der Waals surface area contributed by atoms with Crippen LogP contribution in [0.4, 0.5) is 5.82 Å². The lowest BCUT2D eigenvalue weighted by atomic mass is 9.94. The third-order valence-electron chi connectivity index (χ3n) is 4.36. The van der Waals surface area contributed by atoms with E-state index >= 15 is 0 Å². The van der Waals surface area contributed by atoms with Gasteiger partial charge in [0.1, 0.15) is 12.1 Å². The van der Waals surface area contributed by atoms with Crippen LogP contribution in [0.1, 0.15) is 48.9 Å². The van der Waals surface area contributed by atoms with Crippen LogP contribution < -0.4 is 4.90 Å². The molecule has 0 N–H and O–H groups in total. The second-order valence-corrected chi connectivity index (χ2v) is 6.47. The average Bonchev–Trinajstić information content (AvgIpc) is 3.23. The van der Waals surface area contributed by atoms with Gasteiger partial charge in [-0.15, -0.1) is 11.3 Å². The van der Waals surface area contributed by atoms with Crippen LogP contribution in [0.5, 0.6) is 0 Å². The number of piperidine rings is 1. The molecule has 4 nitrogen and oxygen atoms in total. The fourth-order valence-electron chi connectivity index (χ4n) is 2.96. The van der Waals surface area contributed by atoms with Gasteiger partial charge in [-0.2, -0.15) is 0 Å². The van der Waals surface area contributed by atoms with Gasteiger partial charge in [0.25, 0.3) is 0 Å². The fraction of sp³-hybridized carbons (Fsp3) is 0.533. The highest BCUT2D eigenvalue weighted by atomic mass is 32.1. The number of aromatic nitrogens is 3. The zero-order valence-electron chi connectivity index (χ0n) is 11.4. The zero-order chi connectivity index (χ0) is 13.4. The quantitative estimate of drug-likeness (QED) is 0.869. The maximum absolute atomic E-state index is 4.46. The van der Waals surface area contributed by atoms with E-state index in [1.807, 2.05) is 5.51 Å². The first kappa shape index (κ1) is 12.3. The van der Waals surface area contributed by atoms with Crippen molar-refractivity contribution in [3.05, 3.63) is 34.7 Å². The summed E-state index contributed by atoms with van der Waals surface area (Å²) in [6.07, 6.45) is 6.67. The van der Waals surface area contributed by atoms with E-state index in [-0.39, 0.29) is 0 Å². The van der Waals surface area contributed by atoms with Crippen molar-refractivity contribution in [1.29, 1.82) is 0 Å². The molecule has 3 heterocycles. The minimum atomic E-state index is 0.627. The van der Waals surface area contributed by atoms with Crippen molar-refractivity contribution in [3.63, 3.8) is 0 Å². The third kappa shape index (κ3) is 2.42. The summed E-state index contributed by atoms with van der Waals surface area (Å²) in [5.74, 6) is 2.44. The SMILES string of the molecule is c1nc(C2CC2)cc(N2CCC(c3cscn3)CC2)n1. The smallest absolute Gasteiger partial charge is 0.132 e. The Balaban J connectivity index is 1.44. The lowest BCUT2D eigenvalue weighted by Gasteiger charge is -2.32. The fourth-order valence-corrected chi connectivity index (χ4v) is 3.60. The minimum Gasteiger partial charge on any atom is -0.356 e. The number of rotatable bonds is 3. The summed E-state index contributed by atoms with van der Waals surface area (Å²) in [7, 11) is 0. The van der Waals surface area contributed by atoms with Crippen molar-refractivity contribution in [3.8, 4) is 0 Å². The molecule has 2 aromatic heterocycles. The molecule has 0 amide bonds. The van der Waals surface area contributed by atoms with E-state index in [1.54, 1.807) is 17.7 Å². The van der Waals surface area contributed by atoms with Gasteiger partial charge in [0.2, 0.25) is 0 Å². The zero-order valence-corrected chi connectivity index (χ0v) is 12.2. The molecule has 0 spiro atoms. The molecule has 2 fully saturated rings. The van der Waals surface area contributed by atoms with E-state index in [4.69, 9.17) is 0 Å². The Morgan fingerprint density at radius 1 is 0.950 bits per heavy atom. The molecule has 2 aliphatic rings. The molecular weight excluding hydrogens is 268 g/mol. The molecule has 0 atom stereocenters. The Hall–Kier alpha value is -1.49. The van der Waals surface area contributed by atoms with E-state index in [1.165, 1.54) is 37.1 Å². The highest BCUT2D eigenvalue weighted by molar-refractivity contribution is 7.07. The van der Waals surface area contributed by atoms with E-state index in [2.05, 4.69) is 31.3 Å². The number of hydrogen-bond acceptors (Lipinski definition) is 5. The largest absolute Gasteiger partial charge is 0.356 e. The Morgan fingerprint density at radius 2 is 1.75 bits per heavy atom. The van der Waals surface area contributed by atoms with Crippen molar-refractivity contribution in [2.75, 3.05) is 18.0 Å². The summed E-state index contributed by atoms with van der Waals surface area (Å²) < 4.78 is 0. The molecule has 0 aromatic carbocycles. The Morgan fingerprint density at radius 3 is 2.45 bits per heavy atom. The molecule has 104 valence electrons. The van der Waals surface area contributed by atoms with Crippen LogP contribution in [-0.2, 0) is 0 Å². The highest BCUT2D eigenvalue weighted by Crippen LogP contribution is 2.39. The summed E-state index contributed by atoms with van der Waals surface area (Å²) in [6, 6.07) is 2.20. The Bertz CT molecular complexity index is 571. The van der Waals surface area contributed by atoms with Crippen molar-refractivity contribution >= 4 is 17.2 Å². The van der Waals surface area contributed by atoms with Crippen LogP contribution in [0, 0.1) is 0 Å². The summed E-state index contributed by atoms with van der Waals surface area (Å²) in [5.41, 5.74) is 4.45. The Labute approximate surface area is 122 Å². The summed E-state index contributed by atoms with van der Waals surface area (Å²) >= 11 is 1.70. The van der Waals surface area contributed by atoms with E-state index in [9.17, 15) is 0 Å². The van der Waals surface area contributed by atoms with Gasteiger partial charge >= 0.3 is 0 Å². The van der Waals surface area contributed by atoms with Crippen LogP contribution >= 0.6 is 11.3 Å². The van der Waals surface area contributed by atoms with Gasteiger partial charge < -0.3 is 4.90 Å². The Kier molecular flexibility index (Phi) is 3.14. The summed E-state index contributed by atoms with van der Waals surface area (Å²) in [4.78, 5) is 15.7. The van der Waals surface area contributed by atoms with E-state index < -0.39 is 0 Å². The molecule has 1 saturated carbocycles. The molecule has 1 aliphatic heterocycles. The predicted molar refractivity (Wildman–Crippen MR) is 80.3 cm³/mol. The highest BCUT2D eigenvalue weighted by Gasteiger charge is 2.27. The third-order valence-corrected chi connectivity index (χ3v) is 4.96. The maximum Gasteiger partial charge on any atom is 0.132 e. The topological polar surface area (TPSA) is 41.9 Å². The second kappa shape index (κ2) is 5.13. The molecule has 2 aromatic rings. The second-order valence-electron chi connectivity index (χ2n) is 5.75. The average molecular weight is 286 g/mol. The van der Waals surface area contributed by atoms with E-state index in [0.29, 0.717) is 11.8 Å². The summed E-state index contributed by atoms with van der Waals surface area (Å²) in [5, 5.41) is 2.19. The monoisotopic (exact) mass is 286 g/mol. The predicted octanol–water partition coefficient (Wildman–Crippen LogP) is 3.19. The lowest BCUT2D eigenvalue weighted by molar-refractivity contribution is 0.495. The normalized spacial score (nSPS) is 20.3. The van der Waals surface area contributed by atoms with Gasteiger partial charge in [0.15, 0.2) is 0 Å². The molecule has 4 rings (SSSR count). The van der Waals surface area contributed by atoms with Gasteiger partial charge in [0, 0.05) is 42.1 Å². The number of nitrogens with zero attached hydrogens (tertiary/aromatic N) is 4. The number of anilines is 1. The number of hydrogen-bond donors (Lipinski definition) is 0. The van der Waals surface area contributed by atoms with Gasteiger partial charge in [-0.3, -0.25) is 0 Å². The first-order valence-corrected chi connectivity index (χ1v) is 8.29. The molecule has 0 bridgehead atoms. The molecule has 0 radical (unpaired) electrons. The minimum absolute atomic E-state index is 0.627. The molecule has 5 heteroatoms. The van der Waals surface area contributed by atoms with Crippen molar-refractivity contribution < 1.29 is 0 Å². The van der Waals surface area contributed by atoms with E-state index in [0.717, 1.165) is 18.9 Å². The van der Waals surface area contributed by atoms with Crippen molar-refractivity contribution in [2.24, 2.45) is 0 Å². The van der Waals surface area contributed by atoms with Crippen LogP contribution in [0.15, 0.2) is 23.3 Å². The van der Waals surface area contributed by atoms with Crippen LogP contribution in [-0.4, -0.2) is 28.0 Å². The molecule has 20 heavy (non-hydrogen) atoms. The molecule has 1 aliphatic carbocycles. The van der Waals surface area contributed by atoms with Crippen LogP contribution in [0.25, 0.3) is 0 Å². The van der Waals surface area contributed by atoms with Gasteiger partial charge in [-0.1, -0.05) is 0 Å². The molecule has 1 saturated heterocycles. The van der Waals surface area contributed by atoms with Gasteiger partial charge in [-0.25, -0.2) is 15.0 Å². The van der Waals surface area contributed by atoms with Crippen molar-refractivity contribution in [1.82, 2.24) is 15.0 Å². The van der Waals surface area contributed by atoms with Crippen LogP contribution in [0.2, 0.25) is 0 Å². The van der Waals surface area contributed by atoms with Crippen molar-refractivity contribution in [2.45, 2.75) is 37.5 Å². The lowest BCUT2D eigenvalue weighted by Crippen LogP contribution is -2.33. The first-order chi connectivity index (χ1) is 9.90. The first-order valence-electron chi connectivity index (χ1n) is 7.35. The number of thiazole rings is 1. The molecule has 0 unspecified atom stereocenters. The maximum atomic E-state index is 4.46. The standard InChI is InChI=1S/C15H18N4S/c1-2-11(1)13-7-15(17-9-16-13)19-5-3-12(4-6-19)14-8-20-10-18-14/h7-12H,1-6H2. The van der Waals surface area contributed by atoms with Crippen LogP contribution in [0.3, 0.4) is 0 Å².